The lowest BCUT2D eigenvalue weighted by atomic mass is 10.00. The van der Waals surface area contributed by atoms with E-state index in [0.29, 0.717) is 19.0 Å². The molecular weight excluding hydrogens is 510 g/mol. The third-order valence-corrected chi connectivity index (χ3v) is 6.62. The molecule has 4 aromatic rings. The SMILES string of the molecule is CC/C=C(\c1nc2c(c(Nc3ccncc3)n1)CNCC2)c1ccccc1NCc1c(F)cc(OCC)cc1F. The molecule has 0 amide bonds. The van der Waals surface area contributed by atoms with E-state index in [1.807, 2.05) is 36.4 Å². The number of para-hydroxylation sites is 1. The van der Waals surface area contributed by atoms with Crippen LogP contribution >= 0.6 is 0 Å². The zero-order valence-electron chi connectivity index (χ0n) is 22.6. The molecule has 0 aliphatic carbocycles. The van der Waals surface area contributed by atoms with Gasteiger partial charge in [-0.15, -0.1) is 0 Å². The molecule has 0 fully saturated rings. The monoisotopic (exact) mass is 542 g/mol. The first kappa shape index (κ1) is 27.2. The number of fused-ring (bicyclic) bond motifs is 1. The number of pyridine rings is 1. The van der Waals surface area contributed by atoms with E-state index in [2.05, 4.69) is 33.9 Å². The second kappa shape index (κ2) is 12.7. The zero-order chi connectivity index (χ0) is 27.9. The first-order valence-corrected chi connectivity index (χ1v) is 13.5. The Labute approximate surface area is 232 Å². The molecule has 5 rings (SSSR count). The molecule has 40 heavy (non-hydrogen) atoms. The van der Waals surface area contributed by atoms with Crippen molar-refractivity contribution in [3.63, 3.8) is 0 Å². The fourth-order valence-corrected chi connectivity index (χ4v) is 4.72. The lowest BCUT2D eigenvalue weighted by Crippen LogP contribution is -2.26. The predicted molar refractivity (Wildman–Crippen MR) is 154 cm³/mol. The van der Waals surface area contributed by atoms with Gasteiger partial charge in [0.1, 0.15) is 23.2 Å². The van der Waals surface area contributed by atoms with Gasteiger partial charge in [0.05, 0.1) is 12.3 Å². The Balaban J connectivity index is 1.50. The molecule has 2 aromatic heterocycles. The number of ether oxygens (including phenoxy) is 1. The maximum Gasteiger partial charge on any atom is 0.162 e. The van der Waals surface area contributed by atoms with Gasteiger partial charge in [0.2, 0.25) is 0 Å². The quantitative estimate of drug-likeness (QED) is 0.214. The molecule has 0 radical (unpaired) electrons. The van der Waals surface area contributed by atoms with Gasteiger partial charge in [-0.1, -0.05) is 31.2 Å². The second-order valence-electron chi connectivity index (χ2n) is 9.33. The summed E-state index contributed by atoms with van der Waals surface area (Å²) in [6.07, 6.45) is 7.08. The topological polar surface area (TPSA) is 84.0 Å². The second-order valence-corrected chi connectivity index (χ2v) is 9.33. The van der Waals surface area contributed by atoms with E-state index in [1.165, 1.54) is 12.1 Å². The highest BCUT2D eigenvalue weighted by Gasteiger charge is 2.21. The molecule has 3 N–H and O–H groups in total. The van der Waals surface area contributed by atoms with Gasteiger partial charge in [0.25, 0.3) is 0 Å². The average Bonchev–Trinajstić information content (AvgIpc) is 2.96. The van der Waals surface area contributed by atoms with Crippen molar-refractivity contribution in [3.8, 4) is 5.75 Å². The van der Waals surface area contributed by atoms with Crippen LogP contribution in [0.4, 0.5) is 26.0 Å². The molecule has 9 heteroatoms. The highest BCUT2D eigenvalue weighted by atomic mass is 19.1. The number of allylic oxidation sites excluding steroid dienone is 1. The van der Waals surface area contributed by atoms with Crippen molar-refractivity contribution in [1.29, 1.82) is 0 Å². The summed E-state index contributed by atoms with van der Waals surface area (Å²) in [4.78, 5) is 14.1. The number of nitrogens with one attached hydrogen (secondary N) is 3. The maximum atomic E-state index is 14.8. The first-order chi connectivity index (χ1) is 19.6. The lowest BCUT2D eigenvalue weighted by molar-refractivity contribution is 0.335. The predicted octanol–water partition coefficient (Wildman–Crippen LogP) is 6.39. The number of benzene rings is 2. The summed E-state index contributed by atoms with van der Waals surface area (Å²) in [7, 11) is 0. The molecule has 1 aliphatic rings. The summed E-state index contributed by atoms with van der Waals surface area (Å²) in [6, 6.07) is 13.9. The van der Waals surface area contributed by atoms with Crippen LogP contribution in [0.25, 0.3) is 5.57 Å². The summed E-state index contributed by atoms with van der Waals surface area (Å²) in [5.41, 5.74) is 5.27. The summed E-state index contributed by atoms with van der Waals surface area (Å²) in [5, 5.41) is 10.1. The normalized spacial score (nSPS) is 13.1. The Hall–Kier alpha value is -4.37. The Morgan fingerprint density at radius 1 is 1.05 bits per heavy atom. The number of anilines is 3. The minimum absolute atomic E-state index is 0.0357. The molecule has 2 aromatic carbocycles. The van der Waals surface area contributed by atoms with Crippen molar-refractivity contribution >= 4 is 22.8 Å². The highest BCUT2D eigenvalue weighted by molar-refractivity contribution is 5.84. The number of hydrogen-bond acceptors (Lipinski definition) is 7. The van der Waals surface area contributed by atoms with Crippen LogP contribution in [-0.2, 0) is 19.5 Å². The minimum Gasteiger partial charge on any atom is -0.494 e. The van der Waals surface area contributed by atoms with Crippen molar-refractivity contribution in [2.24, 2.45) is 0 Å². The first-order valence-electron chi connectivity index (χ1n) is 13.5. The smallest absolute Gasteiger partial charge is 0.162 e. The maximum absolute atomic E-state index is 14.8. The van der Waals surface area contributed by atoms with Gasteiger partial charge in [-0.05, 0) is 31.5 Å². The standard InChI is InChI=1S/C31H32F2N6O/c1-3-7-23(30-38-29-12-15-35-18-25(29)31(39-30)37-20-10-13-34-14-11-20)22-8-5-6-9-28(22)36-19-24-26(32)16-21(40-4-2)17-27(24)33/h5-11,13-14,16-17,35-36H,3-4,12,15,18-19H2,1-2H3,(H,34,37,38,39)/b23-7-. The summed E-state index contributed by atoms with van der Waals surface area (Å²) >= 11 is 0. The molecule has 0 saturated carbocycles. The number of halogens is 2. The third-order valence-electron chi connectivity index (χ3n) is 6.62. The minimum atomic E-state index is -0.656. The van der Waals surface area contributed by atoms with Crippen molar-refractivity contribution in [2.45, 2.75) is 39.8 Å². The molecule has 3 heterocycles. The molecule has 0 unspecified atom stereocenters. The molecule has 0 bridgehead atoms. The van der Waals surface area contributed by atoms with E-state index in [4.69, 9.17) is 14.7 Å². The van der Waals surface area contributed by atoms with Crippen molar-refractivity contribution < 1.29 is 13.5 Å². The van der Waals surface area contributed by atoms with Gasteiger partial charge in [0, 0.05) is 84.2 Å². The van der Waals surface area contributed by atoms with E-state index in [-0.39, 0.29) is 17.9 Å². The van der Waals surface area contributed by atoms with Gasteiger partial charge < -0.3 is 20.7 Å². The largest absolute Gasteiger partial charge is 0.494 e. The molecule has 0 atom stereocenters. The molecule has 206 valence electrons. The van der Waals surface area contributed by atoms with Crippen LogP contribution in [0.3, 0.4) is 0 Å². The van der Waals surface area contributed by atoms with Crippen LogP contribution in [0.15, 0.2) is 67.0 Å². The van der Waals surface area contributed by atoms with Crippen molar-refractivity contribution in [3.05, 3.63) is 107 Å². The van der Waals surface area contributed by atoms with Crippen LogP contribution in [0.5, 0.6) is 5.75 Å². The summed E-state index contributed by atoms with van der Waals surface area (Å²) < 4.78 is 34.8. The molecule has 0 saturated heterocycles. The number of hydrogen-bond donors (Lipinski definition) is 3. The molecule has 0 spiro atoms. The number of aromatic nitrogens is 3. The van der Waals surface area contributed by atoms with Gasteiger partial charge in [0.15, 0.2) is 5.82 Å². The van der Waals surface area contributed by atoms with E-state index < -0.39 is 11.6 Å². The Morgan fingerprint density at radius 3 is 2.58 bits per heavy atom. The van der Waals surface area contributed by atoms with E-state index in [9.17, 15) is 8.78 Å². The molecular formula is C31H32F2N6O. The van der Waals surface area contributed by atoms with E-state index in [0.717, 1.165) is 59.0 Å². The van der Waals surface area contributed by atoms with Gasteiger partial charge in [-0.25, -0.2) is 18.7 Å². The van der Waals surface area contributed by atoms with Gasteiger partial charge in [-0.3, -0.25) is 4.98 Å². The Morgan fingerprint density at radius 2 is 1.82 bits per heavy atom. The van der Waals surface area contributed by atoms with Crippen molar-refractivity contribution in [1.82, 2.24) is 20.3 Å². The summed E-state index contributed by atoms with van der Waals surface area (Å²) in [5.74, 6) is 0.189. The fraction of sp³-hybridized carbons (Fsp3) is 0.258. The number of nitrogens with zero attached hydrogens (tertiary/aromatic N) is 3. The summed E-state index contributed by atoms with van der Waals surface area (Å²) in [6.45, 7) is 5.63. The molecule has 7 nitrogen and oxygen atoms in total. The Kier molecular flexibility index (Phi) is 8.61. The lowest BCUT2D eigenvalue weighted by Gasteiger charge is -2.22. The van der Waals surface area contributed by atoms with Crippen LogP contribution in [0.2, 0.25) is 0 Å². The van der Waals surface area contributed by atoms with Crippen LogP contribution in [0.1, 0.15) is 48.5 Å². The fourth-order valence-electron chi connectivity index (χ4n) is 4.72. The van der Waals surface area contributed by atoms with Crippen molar-refractivity contribution in [2.75, 3.05) is 23.8 Å². The zero-order valence-corrected chi connectivity index (χ0v) is 22.6. The van der Waals surface area contributed by atoms with E-state index >= 15 is 0 Å². The van der Waals surface area contributed by atoms with Gasteiger partial charge >= 0.3 is 0 Å². The highest BCUT2D eigenvalue weighted by Crippen LogP contribution is 2.32. The molecule has 1 aliphatic heterocycles. The third kappa shape index (κ3) is 6.10. The van der Waals surface area contributed by atoms with E-state index in [1.54, 1.807) is 19.3 Å². The van der Waals surface area contributed by atoms with Crippen LogP contribution in [0, 0.1) is 11.6 Å². The number of rotatable bonds is 10. The van der Waals surface area contributed by atoms with Crippen LogP contribution in [-0.4, -0.2) is 28.1 Å². The van der Waals surface area contributed by atoms with Crippen LogP contribution < -0.4 is 20.7 Å². The average molecular weight is 543 g/mol. The van der Waals surface area contributed by atoms with Gasteiger partial charge in [-0.2, -0.15) is 0 Å². The Bertz CT molecular complexity index is 1490.